The van der Waals surface area contributed by atoms with E-state index in [4.69, 9.17) is 27.9 Å². The first-order valence-electron chi connectivity index (χ1n) is 12.1. The topological polar surface area (TPSA) is 104 Å². The van der Waals surface area contributed by atoms with Crippen LogP contribution in [0.5, 0.6) is 5.75 Å². The number of halogens is 2. The van der Waals surface area contributed by atoms with Crippen LogP contribution in [-0.2, 0) is 21.5 Å². The fraction of sp³-hybridized carbons (Fsp3) is 0.233. The zero-order valence-corrected chi connectivity index (χ0v) is 23.3. The maximum absolute atomic E-state index is 13.4. The van der Waals surface area contributed by atoms with Crippen LogP contribution in [0.4, 0.5) is 0 Å². The van der Waals surface area contributed by atoms with Gasteiger partial charge in [-0.15, -0.1) is 0 Å². The molecule has 1 unspecified atom stereocenters. The quantitative estimate of drug-likeness (QED) is 0.197. The van der Waals surface area contributed by atoms with Crippen molar-refractivity contribution in [2.45, 2.75) is 38.8 Å². The number of ketones is 1. The maximum Gasteiger partial charge on any atom is 0.335 e. The van der Waals surface area contributed by atoms with Gasteiger partial charge in [-0.1, -0.05) is 80.4 Å². The van der Waals surface area contributed by atoms with E-state index < -0.39 is 29.5 Å². The number of carbonyl (C=O) groups is 3. The molecule has 1 aliphatic heterocycles. The van der Waals surface area contributed by atoms with E-state index in [1.165, 1.54) is 36.3 Å². The molecular formula is C30H27Cl2NO6. The normalized spacial score (nSPS) is 17.0. The smallest absolute Gasteiger partial charge is 0.335 e. The Kier molecular flexibility index (Phi) is 7.77. The second-order valence-corrected chi connectivity index (χ2v) is 11.1. The fourth-order valence-corrected chi connectivity index (χ4v) is 5.16. The molecule has 3 aromatic rings. The van der Waals surface area contributed by atoms with Gasteiger partial charge in [0.25, 0.3) is 11.7 Å². The summed E-state index contributed by atoms with van der Waals surface area (Å²) in [5.41, 5.74) is 2.18. The van der Waals surface area contributed by atoms with Gasteiger partial charge < -0.3 is 19.8 Å². The molecule has 1 aliphatic rings. The van der Waals surface area contributed by atoms with Crippen molar-refractivity contribution in [3.63, 3.8) is 0 Å². The number of aliphatic hydroxyl groups is 1. The van der Waals surface area contributed by atoms with Crippen molar-refractivity contribution in [2.75, 3.05) is 7.11 Å². The van der Waals surface area contributed by atoms with Crippen LogP contribution in [0.25, 0.3) is 5.76 Å². The van der Waals surface area contributed by atoms with E-state index in [1.54, 1.807) is 12.1 Å². The highest BCUT2D eigenvalue weighted by Gasteiger charge is 2.46. The summed E-state index contributed by atoms with van der Waals surface area (Å²) in [4.78, 5) is 39.5. The molecule has 1 amide bonds. The van der Waals surface area contributed by atoms with E-state index >= 15 is 0 Å². The minimum absolute atomic E-state index is 0.000375. The van der Waals surface area contributed by atoms with E-state index in [0.29, 0.717) is 11.1 Å². The summed E-state index contributed by atoms with van der Waals surface area (Å²) in [5.74, 6) is -3.12. The first-order valence-corrected chi connectivity index (χ1v) is 12.8. The van der Waals surface area contributed by atoms with Crippen LogP contribution in [0, 0.1) is 0 Å². The van der Waals surface area contributed by atoms with Crippen molar-refractivity contribution in [3.8, 4) is 5.75 Å². The molecule has 1 heterocycles. The van der Waals surface area contributed by atoms with Crippen LogP contribution in [-0.4, -0.2) is 39.9 Å². The average molecular weight is 568 g/mol. The Morgan fingerprint density at radius 3 is 2.13 bits per heavy atom. The van der Waals surface area contributed by atoms with Crippen molar-refractivity contribution in [1.29, 1.82) is 0 Å². The second-order valence-electron chi connectivity index (χ2n) is 10.3. The number of aliphatic hydroxyl groups excluding tert-OH is 1. The molecular weight excluding hydrogens is 541 g/mol. The standard InChI is InChI=1S/C30H27Cl2NO6/c1-30(2,3)19-11-9-17(10-12-19)24-23(25(34)21-13-20(31)14-22(32)27(21)39-4)26(35)28(36)33(24)15-16-5-7-18(8-6-16)29(37)38/h5-14,24,34H,15H2,1-4H3,(H,37,38)/b25-23+. The Balaban J connectivity index is 1.90. The lowest BCUT2D eigenvalue weighted by atomic mass is 9.85. The van der Waals surface area contributed by atoms with Gasteiger partial charge in [-0.2, -0.15) is 0 Å². The highest BCUT2D eigenvalue weighted by Crippen LogP contribution is 2.44. The zero-order chi connectivity index (χ0) is 28.6. The number of Topliss-reactive ketones (excluding diaryl/α,β-unsaturated/α-hetero) is 1. The molecule has 0 radical (unpaired) electrons. The Labute approximate surface area is 236 Å². The molecule has 4 rings (SSSR count). The number of aromatic carboxylic acids is 1. The third-order valence-electron chi connectivity index (χ3n) is 6.65. The Morgan fingerprint density at radius 1 is 0.974 bits per heavy atom. The number of carboxylic acid groups (broad SMARTS) is 1. The third kappa shape index (κ3) is 5.51. The minimum atomic E-state index is -1.07. The number of carboxylic acids is 1. The minimum Gasteiger partial charge on any atom is -0.507 e. The summed E-state index contributed by atoms with van der Waals surface area (Å²) in [7, 11) is 1.37. The lowest BCUT2D eigenvalue weighted by Gasteiger charge is -2.27. The molecule has 0 aromatic heterocycles. The van der Waals surface area contributed by atoms with Crippen LogP contribution >= 0.6 is 23.2 Å². The van der Waals surface area contributed by atoms with Crippen LogP contribution < -0.4 is 4.74 Å². The summed E-state index contributed by atoms with van der Waals surface area (Å²) >= 11 is 12.5. The largest absolute Gasteiger partial charge is 0.507 e. The predicted octanol–water partition coefficient (Wildman–Crippen LogP) is 6.62. The predicted molar refractivity (Wildman–Crippen MR) is 149 cm³/mol. The van der Waals surface area contributed by atoms with Crippen molar-refractivity contribution in [1.82, 2.24) is 4.90 Å². The first-order chi connectivity index (χ1) is 18.3. The summed E-state index contributed by atoms with van der Waals surface area (Å²) in [6.45, 7) is 6.22. The number of carbonyl (C=O) groups excluding carboxylic acids is 2. The number of methoxy groups -OCH3 is 1. The van der Waals surface area contributed by atoms with Crippen molar-refractivity contribution in [2.24, 2.45) is 0 Å². The van der Waals surface area contributed by atoms with Crippen LogP contribution in [0.15, 0.2) is 66.2 Å². The van der Waals surface area contributed by atoms with E-state index in [1.807, 2.05) is 24.3 Å². The number of ether oxygens (including phenoxy) is 1. The van der Waals surface area contributed by atoms with Crippen molar-refractivity contribution < 1.29 is 29.3 Å². The van der Waals surface area contributed by atoms with Gasteiger partial charge in [0.2, 0.25) is 0 Å². The van der Waals surface area contributed by atoms with Crippen LogP contribution in [0.1, 0.15) is 59.4 Å². The zero-order valence-electron chi connectivity index (χ0n) is 21.8. The molecule has 3 aromatic carbocycles. The van der Waals surface area contributed by atoms with Crippen LogP contribution in [0.2, 0.25) is 10.0 Å². The molecule has 1 saturated heterocycles. The SMILES string of the molecule is COc1c(Cl)cc(Cl)cc1/C(O)=C1\C(=O)C(=O)N(Cc2ccc(C(=O)O)cc2)C1c1ccc(C(C)(C)C)cc1. The molecule has 0 saturated carbocycles. The summed E-state index contributed by atoms with van der Waals surface area (Å²) < 4.78 is 5.38. The highest BCUT2D eigenvalue weighted by atomic mass is 35.5. The second kappa shape index (κ2) is 10.8. The lowest BCUT2D eigenvalue weighted by Crippen LogP contribution is -2.29. The van der Waals surface area contributed by atoms with Gasteiger partial charge in [-0.05, 0) is 46.4 Å². The molecule has 1 atom stereocenters. The molecule has 0 aliphatic carbocycles. The first kappa shape index (κ1) is 28.2. The van der Waals surface area contributed by atoms with Crippen LogP contribution in [0.3, 0.4) is 0 Å². The van der Waals surface area contributed by atoms with Gasteiger partial charge in [0.15, 0.2) is 0 Å². The number of benzene rings is 3. The van der Waals surface area contributed by atoms with Crippen molar-refractivity contribution in [3.05, 3.63) is 104 Å². The Hall–Kier alpha value is -3.81. The number of likely N-dealkylation sites (tertiary alicyclic amines) is 1. The molecule has 7 nitrogen and oxygen atoms in total. The van der Waals surface area contributed by atoms with Gasteiger partial charge in [-0.3, -0.25) is 9.59 Å². The van der Waals surface area contributed by atoms with E-state index in [-0.39, 0.29) is 44.5 Å². The van der Waals surface area contributed by atoms with E-state index in [9.17, 15) is 24.6 Å². The number of rotatable bonds is 6. The van der Waals surface area contributed by atoms with Crippen molar-refractivity contribution >= 4 is 46.6 Å². The number of hydrogen-bond acceptors (Lipinski definition) is 5. The van der Waals surface area contributed by atoms with Gasteiger partial charge in [-0.25, -0.2) is 4.79 Å². The summed E-state index contributed by atoms with van der Waals surface area (Å²) in [6, 6.07) is 15.5. The summed E-state index contributed by atoms with van der Waals surface area (Å²) in [6.07, 6.45) is 0. The highest BCUT2D eigenvalue weighted by molar-refractivity contribution is 6.46. The maximum atomic E-state index is 13.4. The Morgan fingerprint density at radius 2 is 1.59 bits per heavy atom. The molecule has 9 heteroatoms. The molecule has 0 spiro atoms. The fourth-order valence-electron chi connectivity index (χ4n) is 4.59. The summed E-state index contributed by atoms with van der Waals surface area (Å²) in [5, 5.41) is 21.0. The molecule has 202 valence electrons. The molecule has 0 bridgehead atoms. The van der Waals surface area contributed by atoms with Gasteiger partial charge in [0.05, 0.1) is 34.9 Å². The monoisotopic (exact) mass is 567 g/mol. The van der Waals surface area contributed by atoms with E-state index in [0.717, 1.165) is 5.56 Å². The van der Waals surface area contributed by atoms with E-state index in [2.05, 4.69) is 20.8 Å². The Bertz CT molecular complexity index is 1490. The van der Waals surface area contributed by atoms with Gasteiger partial charge >= 0.3 is 5.97 Å². The number of nitrogens with zero attached hydrogens (tertiary/aromatic N) is 1. The number of amides is 1. The molecule has 1 fully saturated rings. The average Bonchev–Trinajstić information content (AvgIpc) is 3.12. The third-order valence-corrected chi connectivity index (χ3v) is 7.15. The van der Waals surface area contributed by atoms with Gasteiger partial charge in [0, 0.05) is 11.6 Å². The molecule has 39 heavy (non-hydrogen) atoms. The molecule has 2 N–H and O–H groups in total. The number of hydrogen-bond donors (Lipinski definition) is 2. The van der Waals surface area contributed by atoms with Gasteiger partial charge in [0.1, 0.15) is 11.5 Å². The lowest BCUT2D eigenvalue weighted by molar-refractivity contribution is -0.140.